The minimum atomic E-state index is 0.772. The SMILES string of the molecule is CC.COCCCCOc1c(C)cc(C)cc1C. The molecule has 0 aromatic heterocycles. The molecule has 104 valence electrons. The summed E-state index contributed by atoms with van der Waals surface area (Å²) in [4.78, 5) is 0. The molecule has 18 heavy (non-hydrogen) atoms. The highest BCUT2D eigenvalue weighted by Crippen LogP contribution is 2.24. The molecular weight excluding hydrogens is 224 g/mol. The minimum Gasteiger partial charge on any atom is -0.493 e. The molecule has 0 amide bonds. The van der Waals surface area contributed by atoms with E-state index in [0.29, 0.717) is 0 Å². The molecule has 0 bridgehead atoms. The number of rotatable bonds is 6. The average molecular weight is 252 g/mol. The molecule has 1 aromatic carbocycles. The molecule has 0 aliphatic carbocycles. The molecule has 0 saturated heterocycles. The molecule has 0 heterocycles. The van der Waals surface area contributed by atoms with Gasteiger partial charge in [0.1, 0.15) is 5.75 Å². The van der Waals surface area contributed by atoms with Crippen LogP contribution >= 0.6 is 0 Å². The molecule has 2 heteroatoms. The number of unbranched alkanes of at least 4 members (excludes halogenated alkanes) is 1. The van der Waals surface area contributed by atoms with Crippen molar-refractivity contribution < 1.29 is 9.47 Å². The third-order valence-corrected chi connectivity index (χ3v) is 2.59. The molecule has 0 N–H and O–H groups in total. The van der Waals surface area contributed by atoms with Crippen molar-refractivity contribution in [3.8, 4) is 5.75 Å². The van der Waals surface area contributed by atoms with Gasteiger partial charge in [-0.2, -0.15) is 0 Å². The Kier molecular flexibility index (Phi) is 9.39. The van der Waals surface area contributed by atoms with Crippen molar-refractivity contribution in [1.82, 2.24) is 0 Å². The Hall–Kier alpha value is -1.02. The zero-order chi connectivity index (χ0) is 14.0. The predicted molar refractivity (Wildman–Crippen MR) is 78.6 cm³/mol. The van der Waals surface area contributed by atoms with Crippen LogP contribution in [0.2, 0.25) is 0 Å². The summed E-state index contributed by atoms with van der Waals surface area (Å²) >= 11 is 0. The van der Waals surface area contributed by atoms with Crippen molar-refractivity contribution >= 4 is 0 Å². The minimum absolute atomic E-state index is 0.772. The van der Waals surface area contributed by atoms with Gasteiger partial charge in [0.05, 0.1) is 6.61 Å². The molecule has 2 nitrogen and oxygen atoms in total. The molecule has 1 rings (SSSR count). The van der Waals surface area contributed by atoms with E-state index in [1.165, 1.54) is 16.7 Å². The molecule has 0 unspecified atom stereocenters. The van der Waals surface area contributed by atoms with Crippen molar-refractivity contribution in [3.63, 3.8) is 0 Å². The Bertz CT molecular complexity index is 309. The lowest BCUT2D eigenvalue weighted by Crippen LogP contribution is -2.02. The summed E-state index contributed by atoms with van der Waals surface area (Å²) in [7, 11) is 1.73. The fraction of sp³-hybridized carbons (Fsp3) is 0.625. The van der Waals surface area contributed by atoms with Gasteiger partial charge in [0.15, 0.2) is 0 Å². The number of hydrogen-bond acceptors (Lipinski definition) is 2. The third kappa shape index (κ3) is 6.06. The third-order valence-electron chi connectivity index (χ3n) is 2.59. The number of hydrogen-bond donors (Lipinski definition) is 0. The highest BCUT2D eigenvalue weighted by Gasteiger charge is 2.04. The van der Waals surface area contributed by atoms with Crippen molar-refractivity contribution in [2.45, 2.75) is 47.5 Å². The number of benzene rings is 1. The number of ether oxygens (including phenoxy) is 2. The number of methoxy groups -OCH3 is 1. The molecule has 0 atom stereocenters. The lowest BCUT2D eigenvalue weighted by atomic mass is 10.1. The molecule has 0 spiro atoms. The first kappa shape index (κ1) is 17.0. The van der Waals surface area contributed by atoms with Crippen molar-refractivity contribution in [2.24, 2.45) is 0 Å². The molecule has 0 saturated carbocycles. The van der Waals surface area contributed by atoms with Gasteiger partial charge >= 0.3 is 0 Å². The van der Waals surface area contributed by atoms with Crippen LogP contribution in [-0.4, -0.2) is 20.3 Å². The molecule has 0 aliphatic rings. The van der Waals surface area contributed by atoms with Crippen LogP contribution in [0.5, 0.6) is 5.75 Å². The lowest BCUT2D eigenvalue weighted by Gasteiger charge is -2.12. The fourth-order valence-electron chi connectivity index (χ4n) is 1.92. The van der Waals surface area contributed by atoms with Gasteiger partial charge in [0.2, 0.25) is 0 Å². The summed E-state index contributed by atoms with van der Waals surface area (Å²) in [5, 5.41) is 0. The van der Waals surface area contributed by atoms with Gasteiger partial charge in [0.25, 0.3) is 0 Å². The van der Waals surface area contributed by atoms with Crippen molar-refractivity contribution in [3.05, 3.63) is 28.8 Å². The summed E-state index contributed by atoms with van der Waals surface area (Å²) in [6.07, 6.45) is 2.10. The lowest BCUT2D eigenvalue weighted by molar-refractivity contribution is 0.184. The smallest absolute Gasteiger partial charge is 0.125 e. The maximum absolute atomic E-state index is 5.81. The van der Waals surface area contributed by atoms with E-state index in [0.717, 1.165) is 31.8 Å². The van der Waals surface area contributed by atoms with Crippen LogP contribution in [0.4, 0.5) is 0 Å². The second-order valence-electron chi connectivity index (χ2n) is 4.28. The Morgan fingerprint density at radius 3 is 1.89 bits per heavy atom. The van der Waals surface area contributed by atoms with Gasteiger partial charge in [0, 0.05) is 13.7 Å². The van der Waals surface area contributed by atoms with Gasteiger partial charge in [-0.15, -0.1) is 0 Å². The van der Waals surface area contributed by atoms with Crippen LogP contribution in [0, 0.1) is 20.8 Å². The quantitative estimate of drug-likeness (QED) is 0.697. The van der Waals surface area contributed by atoms with Crippen LogP contribution in [0.25, 0.3) is 0 Å². The molecule has 0 fully saturated rings. The van der Waals surface area contributed by atoms with Crippen LogP contribution in [0.3, 0.4) is 0 Å². The van der Waals surface area contributed by atoms with E-state index in [2.05, 4.69) is 32.9 Å². The first-order valence-electron chi connectivity index (χ1n) is 6.84. The summed E-state index contributed by atoms with van der Waals surface area (Å²) in [6.45, 7) is 11.9. The van der Waals surface area contributed by atoms with Crippen LogP contribution in [-0.2, 0) is 4.74 Å². The van der Waals surface area contributed by atoms with Gasteiger partial charge in [-0.3, -0.25) is 0 Å². The summed E-state index contributed by atoms with van der Waals surface area (Å²) in [6, 6.07) is 4.33. The van der Waals surface area contributed by atoms with E-state index in [1.807, 2.05) is 13.8 Å². The van der Waals surface area contributed by atoms with Gasteiger partial charge in [-0.1, -0.05) is 31.5 Å². The normalized spacial score (nSPS) is 9.67. The molecule has 0 aliphatic heterocycles. The summed E-state index contributed by atoms with van der Waals surface area (Å²) in [5.41, 5.74) is 3.75. The largest absolute Gasteiger partial charge is 0.493 e. The van der Waals surface area contributed by atoms with Gasteiger partial charge in [-0.25, -0.2) is 0 Å². The zero-order valence-corrected chi connectivity index (χ0v) is 12.8. The molecular formula is C16H28O2. The maximum Gasteiger partial charge on any atom is 0.125 e. The first-order valence-corrected chi connectivity index (χ1v) is 6.84. The Labute approximate surface area is 112 Å². The topological polar surface area (TPSA) is 18.5 Å². The van der Waals surface area contributed by atoms with E-state index in [4.69, 9.17) is 9.47 Å². The highest BCUT2D eigenvalue weighted by atomic mass is 16.5. The first-order chi connectivity index (χ1) is 8.65. The monoisotopic (exact) mass is 252 g/mol. The maximum atomic E-state index is 5.81. The number of aryl methyl sites for hydroxylation is 3. The highest BCUT2D eigenvalue weighted by molar-refractivity contribution is 5.42. The zero-order valence-electron chi connectivity index (χ0n) is 12.8. The van der Waals surface area contributed by atoms with Gasteiger partial charge < -0.3 is 9.47 Å². The standard InChI is InChI=1S/C14H22O2.C2H6/c1-11-9-12(2)14(13(3)10-11)16-8-6-5-7-15-4;1-2/h9-10H,5-8H2,1-4H3;1-2H3. The molecule has 1 aromatic rings. The van der Waals surface area contributed by atoms with Crippen LogP contribution in [0.15, 0.2) is 12.1 Å². The molecule has 0 radical (unpaired) electrons. The summed E-state index contributed by atoms with van der Waals surface area (Å²) < 4.78 is 10.8. The van der Waals surface area contributed by atoms with Crippen molar-refractivity contribution in [2.75, 3.05) is 20.3 Å². The van der Waals surface area contributed by atoms with E-state index in [9.17, 15) is 0 Å². The van der Waals surface area contributed by atoms with E-state index in [1.54, 1.807) is 7.11 Å². The van der Waals surface area contributed by atoms with Crippen LogP contribution < -0.4 is 4.74 Å². The Morgan fingerprint density at radius 2 is 1.39 bits per heavy atom. The Balaban J connectivity index is 0.00000137. The van der Waals surface area contributed by atoms with E-state index < -0.39 is 0 Å². The fourth-order valence-corrected chi connectivity index (χ4v) is 1.92. The van der Waals surface area contributed by atoms with Gasteiger partial charge in [-0.05, 0) is 44.7 Å². The second kappa shape index (κ2) is 9.95. The second-order valence-corrected chi connectivity index (χ2v) is 4.28. The van der Waals surface area contributed by atoms with Crippen molar-refractivity contribution in [1.29, 1.82) is 0 Å². The van der Waals surface area contributed by atoms with Crippen LogP contribution in [0.1, 0.15) is 43.4 Å². The summed E-state index contributed by atoms with van der Waals surface area (Å²) in [5.74, 6) is 1.04. The predicted octanol–water partition coefficient (Wildman–Crippen LogP) is 4.44. The van der Waals surface area contributed by atoms with E-state index in [-0.39, 0.29) is 0 Å². The average Bonchev–Trinajstić information content (AvgIpc) is 2.34. The Morgan fingerprint density at radius 1 is 0.889 bits per heavy atom. The van der Waals surface area contributed by atoms with E-state index >= 15 is 0 Å².